The fourth-order valence-corrected chi connectivity index (χ4v) is 1.98. The molecule has 7 heteroatoms. The maximum Gasteiger partial charge on any atom is 0.409 e. The Kier molecular flexibility index (Phi) is 4.59. The zero-order chi connectivity index (χ0) is 15.4. The average Bonchev–Trinajstić information content (AvgIpc) is 2.37. The molecule has 21 heavy (non-hydrogen) atoms. The Hall–Kier alpha value is -2.34. The first-order chi connectivity index (χ1) is 9.94. The van der Waals surface area contributed by atoms with Crippen LogP contribution in [0.5, 0.6) is 5.75 Å². The fourth-order valence-electron chi connectivity index (χ4n) is 1.78. The van der Waals surface area contributed by atoms with Crippen molar-refractivity contribution in [2.45, 2.75) is 13.0 Å². The molecule has 0 aliphatic carbocycles. The number of nitrogens with two attached hydrogens (primary N) is 1. The summed E-state index contributed by atoms with van der Waals surface area (Å²) in [6.07, 6.45) is -0.935. The summed E-state index contributed by atoms with van der Waals surface area (Å²) in [6.45, 7) is 1.88. The van der Waals surface area contributed by atoms with E-state index < -0.39 is 6.09 Å². The number of hydrogen-bond acceptors (Lipinski definition) is 4. The molecule has 1 aromatic heterocycles. The summed E-state index contributed by atoms with van der Waals surface area (Å²) in [4.78, 5) is 14.8. The van der Waals surface area contributed by atoms with Crippen LogP contribution in [0, 0.1) is 5.82 Å². The lowest BCUT2D eigenvalue weighted by Crippen LogP contribution is -2.16. The van der Waals surface area contributed by atoms with Gasteiger partial charge in [0.25, 0.3) is 0 Å². The normalized spacial score (nSPS) is 11.8. The van der Waals surface area contributed by atoms with Gasteiger partial charge in [-0.3, -0.25) is 0 Å². The number of primary amides is 1. The number of amides is 1. The van der Waals surface area contributed by atoms with Crippen LogP contribution in [0.15, 0.2) is 36.4 Å². The van der Waals surface area contributed by atoms with Gasteiger partial charge in [0.15, 0.2) is 0 Å². The number of ether oxygens (including phenoxy) is 1. The van der Waals surface area contributed by atoms with E-state index in [0.717, 1.165) is 5.56 Å². The zero-order valence-electron chi connectivity index (χ0n) is 11.1. The summed E-state index contributed by atoms with van der Waals surface area (Å²) in [5, 5.41) is 3.24. The molecule has 2 aromatic rings. The van der Waals surface area contributed by atoms with E-state index in [2.05, 4.69) is 10.3 Å². The van der Waals surface area contributed by atoms with Gasteiger partial charge in [-0.15, -0.1) is 0 Å². The molecule has 1 atom stereocenters. The van der Waals surface area contributed by atoms with Gasteiger partial charge in [0.05, 0.1) is 0 Å². The minimum Gasteiger partial charge on any atom is -0.410 e. The third-order valence-electron chi connectivity index (χ3n) is 2.72. The molecule has 2 rings (SSSR count). The first-order valence-electron chi connectivity index (χ1n) is 6.11. The monoisotopic (exact) mass is 309 g/mol. The smallest absolute Gasteiger partial charge is 0.409 e. The molecule has 1 amide bonds. The van der Waals surface area contributed by atoms with Crippen LogP contribution in [0.25, 0.3) is 0 Å². The Labute approximate surface area is 125 Å². The number of carbonyl (C=O) groups is 1. The highest BCUT2D eigenvalue weighted by Crippen LogP contribution is 2.24. The number of nitrogens with zero attached hydrogens (tertiary/aromatic N) is 1. The fraction of sp³-hybridized carbons (Fsp3) is 0.143. The standard InChI is InChI=1S/C14H13ClFN3O2/c1-8(9-2-4-10(16)5-3-9)18-13-7-11(21-14(17)20)6-12(15)19-13/h2-8H,1H3,(H2,17,20)(H,18,19). The van der Waals surface area contributed by atoms with Crippen molar-refractivity contribution in [3.63, 3.8) is 0 Å². The third kappa shape index (κ3) is 4.32. The summed E-state index contributed by atoms with van der Waals surface area (Å²) in [6, 6.07) is 8.81. The number of carbonyl (C=O) groups excluding carboxylic acids is 1. The minimum absolute atomic E-state index is 0.141. The van der Waals surface area contributed by atoms with Crippen LogP contribution in [0.2, 0.25) is 5.15 Å². The van der Waals surface area contributed by atoms with Gasteiger partial charge in [-0.1, -0.05) is 23.7 Å². The zero-order valence-corrected chi connectivity index (χ0v) is 11.9. The predicted octanol–water partition coefficient (Wildman–Crippen LogP) is 3.50. The molecule has 1 heterocycles. The lowest BCUT2D eigenvalue weighted by atomic mass is 10.1. The molecule has 110 valence electrons. The Balaban J connectivity index is 2.16. The molecule has 0 spiro atoms. The Morgan fingerprint density at radius 3 is 2.67 bits per heavy atom. The third-order valence-corrected chi connectivity index (χ3v) is 2.91. The van der Waals surface area contributed by atoms with Gasteiger partial charge in [-0.2, -0.15) is 0 Å². The molecule has 5 nitrogen and oxygen atoms in total. The molecular formula is C14H13ClFN3O2. The van der Waals surface area contributed by atoms with Crippen LogP contribution in [0.4, 0.5) is 15.0 Å². The second-order valence-corrected chi connectivity index (χ2v) is 4.74. The number of nitrogens with one attached hydrogen (secondary N) is 1. The minimum atomic E-state index is -0.935. The van der Waals surface area contributed by atoms with E-state index >= 15 is 0 Å². The van der Waals surface area contributed by atoms with E-state index in [-0.39, 0.29) is 22.8 Å². The van der Waals surface area contributed by atoms with E-state index in [4.69, 9.17) is 22.1 Å². The molecule has 1 unspecified atom stereocenters. The summed E-state index contributed by atoms with van der Waals surface area (Å²) >= 11 is 5.85. The van der Waals surface area contributed by atoms with Crippen LogP contribution in [-0.2, 0) is 0 Å². The maximum absolute atomic E-state index is 12.9. The molecule has 0 fully saturated rings. The van der Waals surface area contributed by atoms with Gasteiger partial charge in [0.1, 0.15) is 22.5 Å². The molecule has 0 aliphatic heterocycles. The van der Waals surface area contributed by atoms with Gasteiger partial charge in [-0.05, 0) is 24.6 Å². The second kappa shape index (κ2) is 6.41. The Morgan fingerprint density at radius 2 is 2.05 bits per heavy atom. The molecule has 0 radical (unpaired) electrons. The topological polar surface area (TPSA) is 77.2 Å². The molecule has 0 bridgehead atoms. The number of pyridine rings is 1. The van der Waals surface area contributed by atoms with Crippen LogP contribution in [0.3, 0.4) is 0 Å². The van der Waals surface area contributed by atoms with Crippen molar-refractivity contribution in [3.8, 4) is 5.75 Å². The van der Waals surface area contributed by atoms with E-state index in [0.29, 0.717) is 5.82 Å². The van der Waals surface area contributed by atoms with Crippen molar-refractivity contribution in [1.82, 2.24) is 4.98 Å². The molecule has 1 aromatic carbocycles. The summed E-state index contributed by atoms with van der Waals surface area (Å²) in [5.41, 5.74) is 5.82. The average molecular weight is 310 g/mol. The van der Waals surface area contributed by atoms with Gasteiger partial charge in [0, 0.05) is 18.2 Å². The molecule has 0 aliphatic rings. The SMILES string of the molecule is CC(Nc1cc(OC(N)=O)cc(Cl)n1)c1ccc(F)cc1. The molecular weight excluding hydrogens is 297 g/mol. The first kappa shape index (κ1) is 15.1. The van der Waals surface area contributed by atoms with Crippen molar-refractivity contribution in [3.05, 3.63) is 52.9 Å². The van der Waals surface area contributed by atoms with Crippen LogP contribution < -0.4 is 15.8 Å². The molecule has 0 saturated heterocycles. The summed E-state index contributed by atoms with van der Waals surface area (Å²) in [5.74, 6) is 0.302. The van der Waals surface area contributed by atoms with Crippen molar-refractivity contribution in [1.29, 1.82) is 0 Å². The predicted molar refractivity (Wildman–Crippen MR) is 77.9 cm³/mol. The van der Waals surface area contributed by atoms with E-state index in [1.54, 1.807) is 12.1 Å². The van der Waals surface area contributed by atoms with Gasteiger partial charge < -0.3 is 15.8 Å². The van der Waals surface area contributed by atoms with Crippen LogP contribution in [-0.4, -0.2) is 11.1 Å². The lowest BCUT2D eigenvalue weighted by molar-refractivity contribution is 0.211. The molecule has 0 saturated carbocycles. The number of rotatable bonds is 4. The summed E-state index contributed by atoms with van der Waals surface area (Å²) in [7, 11) is 0. The van der Waals surface area contributed by atoms with E-state index in [9.17, 15) is 9.18 Å². The van der Waals surface area contributed by atoms with E-state index in [1.165, 1.54) is 24.3 Å². The Bertz CT molecular complexity index is 649. The van der Waals surface area contributed by atoms with Gasteiger partial charge >= 0.3 is 6.09 Å². The Morgan fingerprint density at radius 1 is 1.38 bits per heavy atom. The van der Waals surface area contributed by atoms with E-state index in [1.807, 2.05) is 6.92 Å². The number of aromatic nitrogens is 1. The highest BCUT2D eigenvalue weighted by atomic mass is 35.5. The van der Waals surface area contributed by atoms with Crippen molar-refractivity contribution >= 4 is 23.5 Å². The van der Waals surface area contributed by atoms with Crippen molar-refractivity contribution < 1.29 is 13.9 Å². The quantitative estimate of drug-likeness (QED) is 0.847. The van der Waals surface area contributed by atoms with Gasteiger partial charge in [0.2, 0.25) is 0 Å². The molecule has 3 N–H and O–H groups in total. The number of halogens is 2. The second-order valence-electron chi connectivity index (χ2n) is 4.35. The lowest BCUT2D eigenvalue weighted by Gasteiger charge is -2.15. The summed E-state index contributed by atoms with van der Waals surface area (Å²) < 4.78 is 17.7. The number of benzene rings is 1. The largest absolute Gasteiger partial charge is 0.410 e. The van der Waals surface area contributed by atoms with Gasteiger partial charge in [-0.25, -0.2) is 14.2 Å². The van der Waals surface area contributed by atoms with Crippen LogP contribution in [0.1, 0.15) is 18.5 Å². The highest BCUT2D eigenvalue weighted by Gasteiger charge is 2.09. The van der Waals surface area contributed by atoms with Crippen molar-refractivity contribution in [2.24, 2.45) is 5.73 Å². The highest BCUT2D eigenvalue weighted by molar-refractivity contribution is 6.29. The van der Waals surface area contributed by atoms with Crippen LogP contribution >= 0.6 is 11.6 Å². The first-order valence-corrected chi connectivity index (χ1v) is 6.48. The maximum atomic E-state index is 12.9. The number of anilines is 1. The number of hydrogen-bond donors (Lipinski definition) is 2. The van der Waals surface area contributed by atoms with Crippen molar-refractivity contribution in [2.75, 3.05) is 5.32 Å².